The Labute approximate surface area is 219 Å². The van der Waals surface area contributed by atoms with Crippen molar-refractivity contribution in [2.24, 2.45) is 0 Å². The van der Waals surface area contributed by atoms with Crippen LogP contribution in [0.3, 0.4) is 0 Å². The summed E-state index contributed by atoms with van der Waals surface area (Å²) >= 11 is 0. The van der Waals surface area contributed by atoms with E-state index < -0.39 is 0 Å². The molecular formula is C30H36N4O3. The molecule has 1 aliphatic carbocycles. The number of nitrogens with zero attached hydrogens (tertiary/aromatic N) is 3. The second kappa shape index (κ2) is 10.7. The van der Waals surface area contributed by atoms with Crippen LogP contribution in [0.2, 0.25) is 0 Å². The number of para-hydroxylation sites is 2. The van der Waals surface area contributed by atoms with Gasteiger partial charge in [-0.05, 0) is 68.7 Å². The standard InChI is InChI=1S/C30H36N4O3/c1-21(2)33(30(36)31-23-10-5-4-6-11-23)20-28(35)34-26-13-8-7-12-25(26)32-19-9-14-27(32)29(34)22-15-17-24(37-3)18-16-22/h7-9,12-19,21,23,29H,4-6,10-11,20H2,1-3H3,(H,31,36). The highest BCUT2D eigenvalue weighted by Crippen LogP contribution is 2.42. The maximum absolute atomic E-state index is 14.2. The van der Waals surface area contributed by atoms with E-state index in [9.17, 15) is 9.59 Å². The molecule has 2 aliphatic rings. The SMILES string of the molecule is COc1ccc(C2c3cccn3-c3ccccc3N2C(=O)CN(C(=O)NC2CCCCC2)C(C)C)cc1. The van der Waals surface area contributed by atoms with E-state index in [2.05, 4.69) is 16.0 Å². The number of hydrogen-bond donors (Lipinski definition) is 1. The minimum atomic E-state index is -0.335. The zero-order chi connectivity index (χ0) is 25.9. The number of urea groups is 1. The van der Waals surface area contributed by atoms with Crippen molar-refractivity contribution in [2.45, 2.75) is 64.1 Å². The van der Waals surface area contributed by atoms with Crippen molar-refractivity contribution in [3.05, 3.63) is 78.1 Å². The molecule has 7 heteroatoms. The lowest BCUT2D eigenvalue weighted by molar-refractivity contribution is -0.120. The van der Waals surface area contributed by atoms with Crippen LogP contribution < -0.4 is 15.0 Å². The monoisotopic (exact) mass is 500 g/mol. The molecule has 37 heavy (non-hydrogen) atoms. The quantitative estimate of drug-likeness (QED) is 0.474. The van der Waals surface area contributed by atoms with Gasteiger partial charge in [-0.2, -0.15) is 0 Å². The van der Waals surface area contributed by atoms with Crippen molar-refractivity contribution >= 4 is 17.6 Å². The molecule has 5 rings (SSSR count). The van der Waals surface area contributed by atoms with Gasteiger partial charge in [0.25, 0.3) is 0 Å². The average Bonchev–Trinajstić information content (AvgIpc) is 3.41. The third-order valence-electron chi connectivity index (χ3n) is 7.54. The summed E-state index contributed by atoms with van der Waals surface area (Å²) in [6, 6.07) is 19.4. The first kappa shape index (κ1) is 24.9. The van der Waals surface area contributed by atoms with Crippen LogP contribution in [0.1, 0.15) is 63.3 Å². The fourth-order valence-corrected chi connectivity index (χ4v) is 5.58. The minimum Gasteiger partial charge on any atom is -0.497 e. The molecule has 2 heterocycles. The average molecular weight is 501 g/mol. The van der Waals surface area contributed by atoms with Gasteiger partial charge in [-0.15, -0.1) is 0 Å². The van der Waals surface area contributed by atoms with Crippen molar-refractivity contribution in [1.29, 1.82) is 0 Å². The van der Waals surface area contributed by atoms with E-state index in [1.165, 1.54) is 6.42 Å². The Morgan fingerprint density at radius 2 is 1.68 bits per heavy atom. The molecule has 0 radical (unpaired) electrons. The summed E-state index contributed by atoms with van der Waals surface area (Å²) < 4.78 is 7.52. The van der Waals surface area contributed by atoms with E-state index >= 15 is 0 Å². The summed E-state index contributed by atoms with van der Waals surface area (Å²) in [6.45, 7) is 3.92. The number of fused-ring (bicyclic) bond motifs is 3. The van der Waals surface area contributed by atoms with Crippen LogP contribution in [0, 0.1) is 0 Å². The second-order valence-electron chi connectivity index (χ2n) is 10.2. The molecular weight excluding hydrogens is 464 g/mol. The first-order chi connectivity index (χ1) is 18.0. The zero-order valence-corrected chi connectivity index (χ0v) is 21.9. The van der Waals surface area contributed by atoms with E-state index in [0.717, 1.165) is 54.1 Å². The summed E-state index contributed by atoms with van der Waals surface area (Å²) in [5.74, 6) is 0.645. The number of carbonyl (C=O) groups excluding carboxylic acids is 2. The van der Waals surface area contributed by atoms with Crippen LogP contribution >= 0.6 is 0 Å². The molecule has 1 fully saturated rings. The molecule has 1 unspecified atom stereocenters. The van der Waals surface area contributed by atoms with E-state index in [1.807, 2.05) is 79.5 Å². The van der Waals surface area contributed by atoms with Gasteiger partial charge in [-0.3, -0.25) is 9.69 Å². The predicted octanol–water partition coefficient (Wildman–Crippen LogP) is 5.67. The maximum Gasteiger partial charge on any atom is 0.318 e. The van der Waals surface area contributed by atoms with Crippen LogP contribution in [0.5, 0.6) is 5.75 Å². The Balaban J connectivity index is 1.49. The van der Waals surface area contributed by atoms with Gasteiger partial charge in [0.15, 0.2) is 0 Å². The Morgan fingerprint density at radius 3 is 2.35 bits per heavy atom. The number of aromatic nitrogens is 1. The first-order valence-electron chi connectivity index (χ1n) is 13.3. The van der Waals surface area contributed by atoms with Crippen molar-refractivity contribution < 1.29 is 14.3 Å². The van der Waals surface area contributed by atoms with Crippen LogP contribution in [-0.2, 0) is 4.79 Å². The Morgan fingerprint density at radius 1 is 0.973 bits per heavy atom. The number of nitrogens with one attached hydrogen (secondary N) is 1. The predicted molar refractivity (Wildman–Crippen MR) is 145 cm³/mol. The van der Waals surface area contributed by atoms with E-state index in [1.54, 1.807) is 12.0 Å². The largest absolute Gasteiger partial charge is 0.497 e. The fourth-order valence-electron chi connectivity index (χ4n) is 5.58. The third kappa shape index (κ3) is 4.95. The normalized spacial score (nSPS) is 17.2. The van der Waals surface area contributed by atoms with Gasteiger partial charge in [0.1, 0.15) is 18.3 Å². The van der Waals surface area contributed by atoms with Crippen LogP contribution in [0.15, 0.2) is 66.9 Å². The van der Waals surface area contributed by atoms with Gasteiger partial charge >= 0.3 is 6.03 Å². The number of benzene rings is 2. The molecule has 0 saturated heterocycles. The van der Waals surface area contributed by atoms with Crippen molar-refractivity contribution in [3.8, 4) is 11.4 Å². The highest BCUT2D eigenvalue weighted by molar-refractivity contribution is 6.00. The molecule has 0 bridgehead atoms. The van der Waals surface area contributed by atoms with Crippen LogP contribution in [-0.4, -0.2) is 47.1 Å². The summed E-state index contributed by atoms with van der Waals surface area (Å²) in [5, 5.41) is 3.19. The molecule has 1 atom stereocenters. The Hall–Kier alpha value is -3.74. The number of carbonyl (C=O) groups is 2. The number of anilines is 1. The molecule has 3 amide bonds. The molecule has 2 aromatic carbocycles. The second-order valence-corrected chi connectivity index (χ2v) is 10.2. The lowest BCUT2D eigenvalue weighted by Crippen LogP contribution is -2.53. The molecule has 1 N–H and O–H groups in total. The number of hydrogen-bond acceptors (Lipinski definition) is 3. The highest BCUT2D eigenvalue weighted by atomic mass is 16.5. The van der Waals surface area contributed by atoms with Crippen molar-refractivity contribution in [2.75, 3.05) is 18.6 Å². The third-order valence-corrected chi connectivity index (χ3v) is 7.54. The highest BCUT2D eigenvalue weighted by Gasteiger charge is 2.37. The number of methoxy groups -OCH3 is 1. The fraction of sp³-hybridized carbons (Fsp3) is 0.400. The number of amides is 3. The summed E-state index contributed by atoms with van der Waals surface area (Å²) in [6.07, 6.45) is 7.54. The summed E-state index contributed by atoms with van der Waals surface area (Å²) in [7, 11) is 1.64. The maximum atomic E-state index is 14.2. The molecule has 1 aromatic heterocycles. The van der Waals surface area contributed by atoms with Gasteiger partial charge in [-0.1, -0.05) is 43.5 Å². The zero-order valence-electron chi connectivity index (χ0n) is 21.9. The van der Waals surface area contributed by atoms with Gasteiger partial charge in [0, 0.05) is 18.3 Å². The number of rotatable bonds is 6. The van der Waals surface area contributed by atoms with E-state index in [-0.39, 0.29) is 36.6 Å². The van der Waals surface area contributed by atoms with Gasteiger partial charge in [-0.25, -0.2) is 4.79 Å². The smallest absolute Gasteiger partial charge is 0.318 e. The summed E-state index contributed by atoms with van der Waals surface area (Å²) in [4.78, 5) is 31.0. The molecule has 1 aliphatic heterocycles. The van der Waals surface area contributed by atoms with E-state index in [4.69, 9.17) is 4.74 Å². The molecule has 194 valence electrons. The molecule has 1 saturated carbocycles. The van der Waals surface area contributed by atoms with Crippen LogP contribution in [0.4, 0.5) is 10.5 Å². The summed E-state index contributed by atoms with van der Waals surface area (Å²) in [5.41, 5.74) is 3.75. The van der Waals surface area contributed by atoms with Crippen molar-refractivity contribution in [1.82, 2.24) is 14.8 Å². The Bertz CT molecular complexity index is 1240. The van der Waals surface area contributed by atoms with Crippen LogP contribution in [0.25, 0.3) is 5.69 Å². The number of ether oxygens (including phenoxy) is 1. The molecule has 7 nitrogen and oxygen atoms in total. The molecule has 0 spiro atoms. The van der Waals surface area contributed by atoms with Gasteiger partial charge in [0.2, 0.25) is 5.91 Å². The topological polar surface area (TPSA) is 66.8 Å². The van der Waals surface area contributed by atoms with E-state index in [0.29, 0.717) is 0 Å². The van der Waals surface area contributed by atoms with Crippen molar-refractivity contribution in [3.63, 3.8) is 0 Å². The minimum absolute atomic E-state index is 0.00207. The van der Waals surface area contributed by atoms with Gasteiger partial charge < -0.3 is 19.5 Å². The van der Waals surface area contributed by atoms with Gasteiger partial charge in [0.05, 0.1) is 24.2 Å². The Kier molecular flexibility index (Phi) is 7.22. The lowest BCUT2D eigenvalue weighted by Gasteiger charge is -2.40. The lowest BCUT2D eigenvalue weighted by atomic mass is 9.96. The first-order valence-corrected chi connectivity index (χ1v) is 13.3. The molecule has 3 aromatic rings.